The molecule has 5 heavy (non-hydrogen) atoms. The van der Waals surface area contributed by atoms with E-state index in [-0.39, 0.29) is 96.3 Å². The van der Waals surface area contributed by atoms with Gasteiger partial charge in [-0.2, -0.15) is 0 Å². The largest absolute Gasteiger partial charge is 2.00 e. The van der Waals surface area contributed by atoms with Gasteiger partial charge >= 0.3 is 79.9 Å². The predicted octanol–water partition coefficient (Wildman–Crippen LogP) is -0.472. The van der Waals surface area contributed by atoms with Crippen molar-refractivity contribution in [3.63, 3.8) is 0 Å². The molecule has 5 heteroatoms. The van der Waals surface area contributed by atoms with E-state index in [9.17, 15) is 0 Å². The molecule has 0 saturated heterocycles. The number of hydrogen-bond acceptors (Lipinski definition) is 2. The molecule has 0 aliphatic carbocycles. The van der Waals surface area contributed by atoms with E-state index in [4.69, 9.17) is 0 Å². The third kappa shape index (κ3) is 20.9. The Morgan fingerprint density at radius 3 is 0.600 bits per heavy atom. The van der Waals surface area contributed by atoms with Crippen LogP contribution in [0.25, 0.3) is 0 Å². The van der Waals surface area contributed by atoms with Gasteiger partial charge in [0.25, 0.3) is 0 Å². The van der Waals surface area contributed by atoms with E-state index in [1.54, 1.807) is 0 Å². The molecule has 0 unspecified atom stereocenters. The minimum absolute atomic E-state index is 0. The van der Waals surface area contributed by atoms with E-state index in [1.807, 2.05) is 0 Å². The summed E-state index contributed by atoms with van der Waals surface area (Å²) in [6, 6.07) is 0. The van der Waals surface area contributed by atoms with Crippen molar-refractivity contribution in [2.45, 2.75) is 0 Å². The van der Waals surface area contributed by atoms with Crippen molar-refractivity contribution in [1.82, 2.24) is 0 Å². The first kappa shape index (κ1) is 50.2. The fourth-order valence-electron chi connectivity index (χ4n) is 0. The van der Waals surface area contributed by atoms with Gasteiger partial charge < -0.3 is 16.4 Å². The van der Waals surface area contributed by atoms with Crippen molar-refractivity contribution >= 4 is 0 Å². The molecule has 0 fully saturated rings. The van der Waals surface area contributed by atoms with Gasteiger partial charge in [-0.15, -0.1) is 0 Å². The molecule has 0 saturated carbocycles. The zero-order chi connectivity index (χ0) is 0. The van der Waals surface area contributed by atoms with Gasteiger partial charge in [0.1, 0.15) is 0 Å². The van der Waals surface area contributed by atoms with E-state index in [0.29, 0.717) is 0 Å². The molecule has 0 amide bonds. The normalized spacial score (nSPS) is 0. The van der Waals surface area contributed by atoms with Gasteiger partial charge in [-0.1, -0.05) is 0 Å². The molecule has 3 nitrogen and oxygen atoms in total. The summed E-state index contributed by atoms with van der Waals surface area (Å²) in [6.07, 6.45) is 0. The van der Waals surface area contributed by atoms with Gasteiger partial charge in [0.05, 0.1) is 0 Å². The molecule has 0 aliphatic rings. The molecule has 36 valence electrons. The van der Waals surface area contributed by atoms with Crippen molar-refractivity contribution in [3.8, 4) is 0 Å². The topological polar surface area (TPSA) is 88.5 Å². The Morgan fingerprint density at radius 1 is 0.600 bits per heavy atom. The van der Waals surface area contributed by atoms with Crippen molar-refractivity contribution in [3.05, 3.63) is 0 Å². The molecule has 0 rings (SSSR count). The van der Waals surface area contributed by atoms with E-state index >= 15 is 0 Å². The smallest absolute Gasteiger partial charge is 2.00 e. The van der Waals surface area contributed by atoms with E-state index in [2.05, 4.69) is 0 Å². The summed E-state index contributed by atoms with van der Waals surface area (Å²) >= 11 is 0. The molecule has 0 heterocycles. The molecule has 0 radical (unpaired) electrons. The maximum absolute atomic E-state index is 0. The van der Waals surface area contributed by atoms with Crippen molar-refractivity contribution < 1.29 is 96.3 Å². The first-order valence-electron chi connectivity index (χ1n) is 0. The standard InChI is InChI=1S/2Gd.2H2O.O/h;;2*1H2;/q2*+2;;;-2/p-2. The SMILES string of the molecule is [Gd+2].[Gd+2].[O-2].[OH-].[OH-]. The average molecular weight is 365 g/mol. The van der Waals surface area contributed by atoms with Gasteiger partial charge in [0.15, 0.2) is 0 Å². The van der Waals surface area contributed by atoms with Crippen LogP contribution in [0.15, 0.2) is 0 Å². The number of rotatable bonds is 0. The Morgan fingerprint density at radius 2 is 0.600 bits per heavy atom. The molecular formula is H2Gd2O3. The van der Waals surface area contributed by atoms with E-state index in [1.165, 1.54) is 0 Å². The molecule has 0 aliphatic heterocycles. The molecular weight excluding hydrogens is 362 g/mol. The van der Waals surface area contributed by atoms with Crippen LogP contribution < -0.4 is 0 Å². The molecule has 0 aromatic heterocycles. The maximum Gasteiger partial charge on any atom is 2.00 e. The van der Waals surface area contributed by atoms with Crippen molar-refractivity contribution in [2.75, 3.05) is 0 Å². The van der Waals surface area contributed by atoms with Gasteiger partial charge in [0, 0.05) is 0 Å². The van der Waals surface area contributed by atoms with Gasteiger partial charge in [0.2, 0.25) is 0 Å². The van der Waals surface area contributed by atoms with E-state index < -0.39 is 0 Å². The molecule has 0 spiro atoms. The van der Waals surface area contributed by atoms with Gasteiger partial charge in [-0.3, -0.25) is 0 Å². The Balaban J connectivity index is 0. The Kier molecular flexibility index (Phi) is 313. The van der Waals surface area contributed by atoms with Crippen LogP contribution in [0.4, 0.5) is 0 Å². The summed E-state index contributed by atoms with van der Waals surface area (Å²) in [5.41, 5.74) is 0. The quantitative estimate of drug-likeness (QED) is 0.581. The molecule has 2 N–H and O–H groups in total. The minimum Gasteiger partial charge on any atom is -2.00 e. The Bertz CT molecular complexity index is 4.85. The van der Waals surface area contributed by atoms with Crippen LogP contribution in [0.2, 0.25) is 0 Å². The second kappa shape index (κ2) is 31.2. The minimum atomic E-state index is 0. The molecule has 0 atom stereocenters. The van der Waals surface area contributed by atoms with Crippen LogP contribution in [-0.2, 0) is 5.48 Å². The summed E-state index contributed by atoms with van der Waals surface area (Å²) in [6.45, 7) is 0. The number of hydrogen-bond donors (Lipinski definition) is 0. The fourth-order valence-corrected chi connectivity index (χ4v) is 0. The first-order valence-corrected chi connectivity index (χ1v) is 0. The van der Waals surface area contributed by atoms with Crippen LogP contribution in [0.3, 0.4) is 0 Å². The Hall–Kier alpha value is 2.53. The molecule has 0 bridgehead atoms. The summed E-state index contributed by atoms with van der Waals surface area (Å²) < 4.78 is 0. The zero-order valence-corrected chi connectivity index (χ0v) is 6.55. The van der Waals surface area contributed by atoms with Gasteiger partial charge in [-0.05, 0) is 0 Å². The van der Waals surface area contributed by atoms with Gasteiger partial charge in [-0.25, -0.2) is 0 Å². The van der Waals surface area contributed by atoms with E-state index in [0.717, 1.165) is 0 Å². The second-order valence-electron chi connectivity index (χ2n) is 0. The summed E-state index contributed by atoms with van der Waals surface area (Å²) in [5.74, 6) is 0. The Labute approximate surface area is 94.2 Å². The summed E-state index contributed by atoms with van der Waals surface area (Å²) in [7, 11) is 0. The van der Waals surface area contributed by atoms with Crippen LogP contribution in [-0.4, -0.2) is 11.0 Å². The second-order valence-corrected chi connectivity index (χ2v) is 0. The summed E-state index contributed by atoms with van der Waals surface area (Å²) in [4.78, 5) is 0. The maximum atomic E-state index is 0. The zero-order valence-electron chi connectivity index (χ0n) is 2.01. The average Bonchev–Trinajstić information content (AvgIpc) is 0. The van der Waals surface area contributed by atoms with Crippen LogP contribution in [0.5, 0.6) is 0 Å². The third-order valence-electron chi connectivity index (χ3n) is 0. The molecule has 0 aromatic carbocycles. The van der Waals surface area contributed by atoms with Crippen molar-refractivity contribution in [1.29, 1.82) is 0 Å². The van der Waals surface area contributed by atoms with Crippen molar-refractivity contribution in [2.24, 2.45) is 0 Å². The van der Waals surface area contributed by atoms with Crippen LogP contribution >= 0.6 is 0 Å². The monoisotopic (exact) mass is 366 g/mol. The third-order valence-corrected chi connectivity index (χ3v) is 0. The fraction of sp³-hybridized carbons (Fsp3) is 0. The first-order chi connectivity index (χ1) is 0. The van der Waals surface area contributed by atoms with Crippen LogP contribution in [0, 0.1) is 79.9 Å². The van der Waals surface area contributed by atoms with Crippen LogP contribution in [0.1, 0.15) is 0 Å². The predicted molar refractivity (Wildman–Crippen MR) is 4.56 cm³/mol. The summed E-state index contributed by atoms with van der Waals surface area (Å²) in [5, 5.41) is 0. The molecule has 0 aromatic rings.